The standard InChI is InChI=1S/C34H47N7O4.CH4/c1-24-21-27(36-23-25(24)2)22-31(32(42)39-19-17-38(18-20-39)28-7-12-35-13-8-28)45-34(44)40-14-10-29(11-15-40)41-16-9-26-5-3-4-6-30(26)37-33(41)43;/h3-6,21,23,28-29,31,35H,7-20,22H2,1-2H3,(H,37,43);1H4/t31-;/m1./s1. The molecule has 1 atom stereocenters. The summed E-state index contributed by atoms with van der Waals surface area (Å²) >= 11 is 0. The van der Waals surface area contributed by atoms with E-state index in [4.69, 9.17) is 4.74 Å². The molecule has 3 saturated heterocycles. The highest BCUT2D eigenvalue weighted by atomic mass is 16.6. The molecule has 4 amide bonds. The number of rotatable bonds is 6. The minimum absolute atomic E-state index is 0. The molecular weight excluding hydrogens is 582 g/mol. The Morgan fingerprint density at radius 1 is 0.913 bits per heavy atom. The minimum atomic E-state index is -0.940. The Morgan fingerprint density at radius 3 is 2.35 bits per heavy atom. The molecule has 5 heterocycles. The fraction of sp³-hybridized carbons (Fsp3) is 0.600. The number of likely N-dealkylation sites (tertiary alicyclic amines) is 1. The van der Waals surface area contributed by atoms with E-state index in [1.54, 1.807) is 4.90 Å². The number of carbonyl (C=O) groups is 3. The first kappa shape index (κ1) is 33.7. The van der Waals surface area contributed by atoms with Crippen LogP contribution in [0.5, 0.6) is 0 Å². The molecule has 1 aromatic heterocycles. The predicted octanol–water partition coefficient (Wildman–Crippen LogP) is 3.83. The summed E-state index contributed by atoms with van der Waals surface area (Å²) in [6, 6.07) is 10.4. The molecule has 3 fully saturated rings. The number of amides is 4. The number of urea groups is 1. The number of piperidine rings is 2. The highest BCUT2D eigenvalue weighted by Crippen LogP contribution is 2.25. The summed E-state index contributed by atoms with van der Waals surface area (Å²) in [4.78, 5) is 53.0. The molecule has 1 aromatic carbocycles. The number of fused-ring (bicyclic) bond motifs is 1. The molecule has 0 bridgehead atoms. The number of piperazine rings is 1. The Morgan fingerprint density at radius 2 is 1.63 bits per heavy atom. The Hall–Kier alpha value is -3.70. The van der Waals surface area contributed by atoms with Crippen molar-refractivity contribution in [2.75, 3.05) is 64.2 Å². The Kier molecular flexibility index (Phi) is 11.2. The molecule has 2 N–H and O–H groups in total. The molecule has 0 aliphatic carbocycles. The zero-order valence-corrected chi connectivity index (χ0v) is 26.7. The van der Waals surface area contributed by atoms with Gasteiger partial charge in [-0.05, 0) is 87.9 Å². The van der Waals surface area contributed by atoms with Crippen molar-refractivity contribution >= 4 is 23.7 Å². The summed E-state index contributed by atoms with van der Waals surface area (Å²) in [7, 11) is 0. The lowest BCUT2D eigenvalue weighted by molar-refractivity contribution is -0.143. The summed E-state index contributed by atoms with van der Waals surface area (Å²) in [5.74, 6) is -0.149. The van der Waals surface area contributed by atoms with Gasteiger partial charge in [-0.1, -0.05) is 25.6 Å². The zero-order valence-electron chi connectivity index (χ0n) is 26.7. The molecule has 11 nitrogen and oxygen atoms in total. The van der Waals surface area contributed by atoms with Crippen molar-refractivity contribution in [2.45, 2.75) is 78.0 Å². The van der Waals surface area contributed by atoms with Gasteiger partial charge in [-0.3, -0.25) is 14.7 Å². The molecule has 4 aliphatic rings. The van der Waals surface area contributed by atoms with Crippen LogP contribution in [0, 0.1) is 13.8 Å². The Bertz CT molecular complexity index is 1360. The third-order valence-corrected chi connectivity index (χ3v) is 10.1. The maximum Gasteiger partial charge on any atom is 0.410 e. The summed E-state index contributed by atoms with van der Waals surface area (Å²) in [5, 5.41) is 6.48. The van der Waals surface area contributed by atoms with Crippen LogP contribution in [0.2, 0.25) is 0 Å². The average molecular weight is 634 g/mol. The summed E-state index contributed by atoms with van der Waals surface area (Å²) < 4.78 is 6.03. The van der Waals surface area contributed by atoms with E-state index in [2.05, 4.69) is 26.6 Å². The quantitative estimate of drug-likeness (QED) is 0.498. The molecule has 11 heteroatoms. The summed E-state index contributed by atoms with van der Waals surface area (Å²) in [6.45, 7) is 10.6. The number of carbonyl (C=O) groups excluding carboxylic acids is 3. The number of benzene rings is 1. The molecule has 46 heavy (non-hydrogen) atoms. The SMILES string of the molecule is C.Cc1cnc(C[C@@H](OC(=O)N2CCC(N3CCc4ccccc4NC3=O)CC2)C(=O)N2CCN(C3CCNCC3)CC2)cc1C. The van der Waals surface area contributed by atoms with Crippen LogP contribution in [0.1, 0.15) is 55.5 Å². The first-order valence-electron chi connectivity index (χ1n) is 16.6. The van der Waals surface area contributed by atoms with Crippen LogP contribution in [-0.2, 0) is 22.4 Å². The monoisotopic (exact) mass is 633 g/mol. The van der Waals surface area contributed by atoms with Gasteiger partial charge in [-0.2, -0.15) is 0 Å². The number of nitrogens with one attached hydrogen (secondary N) is 2. The van der Waals surface area contributed by atoms with Crippen molar-refractivity contribution in [3.8, 4) is 0 Å². The van der Waals surface area contributed by atoms with E-state index in [0.29, 0.717) is 51.6 Å². The number of ether oxygens (including phenoxy) is 1. The van der Waals surface area contributed by atoms with Gasteiger partial charge in [0.05, 0.1) is 0 Å². The molecule has 0 spiro atoms. The molecule has 0 saturated carbocycles. The Balaban J connectivity index is 0.00000417. The van der Waals surface area contributed by atoms with Crippen LogP contribution < -0.4 is 10.6 Å². The lowest BCUT2D eigenvalue weighted by Gasteiger charge is -2.41. The number of nitrogens with zero attached hydrogens (tertiary/aromatic N) is 5. The van der Waals surface area contributed by atoms with Crippen molar-refractivity contribution in [3.05, 3.63) is 58.9 Å². The van der Waals surface area contributed by atoms with Crippen LogP contribution >= 0.6 is 0 Å². The fourth-order valence-electron chi connectivity index (χ4n) is 7.14. The van der Waals surface area contributed by atoms with Gasteiger partial charge in [0, 0.05) is 81.9 Å². The highest BCUT2D eigenvalue weighted by Gasteiger charge is 2.36. The third kappa shape index (κ3) is 7.81. The molecule has 0 unspecified atom stereocenters. The van der Waals surface area contributed by atoms with Gasteiger partial charge < -0.3 is 30.1 Å². The smallest absolute Gasteiger partial charge is 0.410 e. The van der Waals surface area contributed by atoms with E-state index in [9.17, 15) is 14.4 Å². The second-order valence-electron chi connectivity index (χ2n) is 12.9. The number of aromatic nitrogens is 1. The summed E-state index contributed by atoms with van der Waals surface area (Å²) in [6.07, 6.45) is 5.03. The normalized spacial score (nSPS) is 20.7. The van der Waals surface area contributed by atoms with Crippen LogP contribution in [0.3, 0.4) is 0 Å². The lowest BCUT2D eigenvalue weighted by Crippen LogP contribution is -2.56. The van der Waals surface area contributed by atoms with E-state index < -0.39 is 12.2 Å². The maximum absolute atomic E-state index is 13.9. The second-order valence-corrected chi connectivity index (χ2v) is 12.9. The first-order chi connectivity index (χ1) is 21.9. The maximum atomic E-state index is 13.9. The van der Waals surface area contributed by atoms with Gasteiger partial charge >= 0.3 is 12.1 Å². The van der Waals surface area contributed by atoms with Crippen LogP contribution in [0.25, 0.3) is 0 Å². The van der Waals surface area contributed by atoms with E-state index in [-0.39, 0.29) is 31.8 Å². The molecule has 4 aliphatic heterocycles. The largest absolute Gasteiger partial charge is 0.436 e. The van der Waals surface area contributed by atoms with Gasteiger partial charge in [0.1, 0.15) is 0 Å². The molecular formula is C35H51N7O4. The van der Waals surface area contributed by atoms with E-state index in [0.717, 1.165) is 73.5 Å². The fourth-order valence-corrected chi connectivity index (χ4v) is 7.14. The van der Waals surface area contributed by atoms with Crippen molar-refractivity contribution in [3.63, 3.8) is 0 Å². The van der Waals surface area contributed by atoms with Crippen molar-refractivity contribution in [1.29, 1.82) is 0 Å². The van der Waals surface area contributed by atoms with E-state index in [1.165, 1.54) is 0 Å². The molecule has 2 aromatic rings. The van der Waals surface area contributed by atoms with Gasteiger partial charge in [-0.25, -0.2) is 9.59 Å². The van der Waals surface area contributed by atoms with Crippen molar-refractivity contribution in [2.24, 2.45) is 0 Å². The number of para-hydroxylation sites is 1. The van der Waals surface area contributed by atoms with Crippen molar-refractivity contribution < 1.29 is 19.1 Å². The second kappa shape index (κ2) is 15.3. The number of hydrogen-bond acceptors (Lipinski definition) is 7. The van der Waals surface area contributed by atoms with Gasteiger partial charge in [0.2, 0.25) is 0 Å². The number of pyridine rings is 1. The molecule has 6 rings (SSSR count). The lowest BCUT2D eigenvalue weighted by atomic mass is 10.0. The topological polar surface area (TPSA) is 110 Å². The zero-order chi connectivity index (χ0) is 31.3. The van der Waals surface area contributed by atoms with Crippen molar-refractivity contribution in [1.82, 2.24) is 29.9 Å². The number of hydrogen-bond donors (Lipinski definition) is 2. The Labute approximate surface area is 273 Å². The van der Waals surface area contributed by atoms with E-state index in [1.807, 2.05) is 54.1 Å². The van der Waals surface area contributed by atoms with Crippen LogP contribution in [0.4, 0.5) is 15.3 Å². The van der Waals surface area contributed by atoms with Gasteiger partial charge in [0.15, 0.2) is 6.10 Å². The van der Waals surface area contributed by atoms with Gasteiger partial charge in [0.25, 0.3) is 5.91 Å². The molecule has 250 valence electrons. The third-order valence-electron chi connectivity index (χ3n) is 10.1. The minimum Gasteiger partial charge on any atom is -0.436 e. The number of aryl methyl sites for hydroxylation is 2. The van der Waals surface area contributed by atoms with E-state index >= 15 is 0 Å². The van der Waals surface area contributed by atoms with Gasteiger partial charge in [-0.15, -0.1) is 0 Å². The molecule has 0 radical (unpaired) electrons. The highest BCUT2D eigenvalue weighted by molar-refractivity contribution is 5.91. The predicted molar refractivity (Wildman–Crippen MR) is 179 cm³/mol. The average Bonchev–Trinajstić information content (AvgIpc) is 3.24. The van der Waals surface area contributed by atoms with Crippen LogP contribution in [-0.4, -0.2) is 120 Å². The van der Waals surface area contributed by atoms with Crippen LogP contribution in [0.15, 0.2) is 36.5 Å². The summed E-state index contributed by atoms with van der Waals surface area (Å²) in [5.41, 5.74) is 4.92. The number of anilines is 1. The first-order valence-corrected chi connectivity index (χ1v) is 16.6.